The molecule has 1 heterocycles. The van der Waals surface area contributed by atoms with Crippen LogP contribution in [0.15, 0.2) is 6.20 Å². The van der Waals surface area contributed by atoms with Crippen molar-refractivity contribution in [1.29, 1.82) is 0 Å². The Hall–Kier alpha value is -0.830. The fraction of sp³-hybridized carbons (Fsp3) is 0.800. The predicted molar refractivity (Wildman–Crippen MR) is 75.6 cm³/mol. The van der Waals surface area contributed by atoms with Gasteiger partial charge in [0, 0.05) is 11.7 Å². The number of nitrogens with zero attached hydrogens (tertiary/aromatic N) is 1. The maximum absolute atomic E-state index is 4.06. The van der Waals surface area contributed by atoms with Crippen molar-refractivity contribution >= 4 is 0 Å². The molecule has 2 N–H and O–H groups in total. The molecule has 1 aromatic heterocycles. The van der Waals surface area contributed by atoms with E-state index in [0.29, 0.717) is 11.5 Å². The Morgan fingerprint density at radius 3 is 2.78 bits per heavy atom. The third-order valence-corrected chi connectivity index (χ3v) is 4.30. The lowest BCUT2D eigenvalue weighted by molar-refractivity contribution is 0.362. The van der Waals surface area contributed by atoms with E-state index in [2.05, 4.69) is 43.2 Å². The van der Waals surface area contributed by atoms with Crippen LogP contribution in [0.4, 0.5) is 0 Å². The first-order valence-corrected chi connectivity index (χ1v) is 7.20. The number of hydrogen-bond acceptors (Lipinski definition) is 2. The van der Waals surface area contributed by atoms with Crippen LogP contribution < -0.4 is 5.32 Å². The molecular weight excluding hydrogens is 222 g/mol. The molecule has 0 spiro atoms. The molecule has 2 rings (SSSR count). The minimum Gasteiger partial charge on any atom is -0.314 e. The smallest absolute Gasteiger partial charge is 0.0522 e. The summed E-state index contributed by atoms with van der Waals surface area (Å²) in [7, 11) is 0. The number of aryl methyl sites for hydroxylation is 2. The van der Waals surface area contributed by atoms with Crippen LogP contribution in [0.25, 0.3) is 0 Å². The molecule has 1 saturated carbocycles. The monoisotopic (exact) mass is 249 g/mol. The highest BCUT2D eigenvalue weighted by Crippen LogP contribution is 2.40. The maximum Gasteiger partial charge on any atom is 0.0522 e. The van der Waals surface area contributed by atoms with Gasteiger partial charge in [-0.3, -0.25) is 5.10 Å². The number of rotatable bonds is 5. The highest BCUT2D eigenvalue weighted by molar-refractivity contribution is 5.14. The van der Waals surface area contributed by atoms with Crippen molar-refractivity contribution in [2.24, 2.45) is 11.3 Å². The molecule has 2 atom stereocenters. The average molecular weight is 249 g/mol. The zero-order valence-electron chi connectivity index (χ0n) is 12.2. The van der Waals surface area contributed by atoms with E-state index in [1.54, 1.807) is 0 Å². The van der Waals surface area contributed by atoms with Crippen molar-refractivity contribution in [3.63, 3.8) is 0 Å². The minimum atomic E-state index is 0.526. The van der Waals surface area contributed by atoms with Crippen LogP contribution in [0.3, 0.4) is 0 Å². The summed E-state index contributed by atoms with van der Waals surface area (Å²) in [6, 6.07) is 0.713. The Labute approximate surface area is 111 Å². The van der Waals surface area contributed by atoms with Crippen LogP contribution in [0, 0.1) is 18.3 Å². The molecule has 0 radical (unpaired) electrons. The van der Waals surface area contributed by atoms with Crippen LogP contribution in [0.2, 0.25) is 0 Å². The average Bonchev–Trinajstić information content (AvgIpc) is 2.78. The number of hydrogen-bond donors (Lipinski definition) is 2. The van der Waals surface area contributed by atoms with Crippen molar-refractivity contribution in [2.45, 2.75) is 59.4 Å². The molecular formula is C15H27N3. The molecule has 3 heteroatoms. The number of nitrogens with one attached hydrogen (secondary N) is 2. The minimum absolute atomic E-state index is 0.526. The summed E-state index contributed by atoms with van der Waals surface area (Å²) in [5.74, 6) is 0.815. The normalized spacial score (nSPS) is 26.7. The van der Waals surface area contributed by atoms with Crippen LogP contribution in [0.1, 0.15) is 51.3 Å². The van der Waals surface area contributed by atoms with Gasteiger partial charge in [-0.2, -0.15) is 5.10 Å². The lowest BCUT2D eigenvalue weighted by Crippen LogP contribution is -2.32. The van der Waals surface area contributed by atoms with E-state index in [-0.39, 0.29) is 0 Å². The third kappa shape index (κ3) is 3.35. The second-order valence-corrected chi connectivity index (χ2v) is 6.73. The fourth-order valence-electron chi connectivity index (χ4n) is 3.36. The summed E-state index contributed by atoms with van der Waals surface area (Å²) in [5, 5.41) is 10.8. The molecule has 0 saturated heterocycles. The van der Waals surface area contributed by atoms with Gasteiger partial charge in [-0.15, -0.1) is 0 Å². The van der Waals surface area contributed by atoms with Gasteiger partial charge >= 0.3 is 0 Å². The molecule has 1 aliphatic rings. The number of H-pyrrole nitrogens is 1. The molecule has 0 bridgehead atoms. The molecule has 1 aliphatic carbocycles. The second kappa shape index (κ2) is 5.43. The molecule has 1 fully saturated rings. The van der Waals surface area contributed by atoms with Gasteiger partial charge < -0.3 is 5.32 Å². The van der Waals surface area contributed by atoms with E-state index >= 15 is 0 Å². The van der Waals surface area contributed by atoms with Crippen molar-refractivity contribution in [3.05, 3.63) is 17.5 Å². The Morgan fingerprint density at radius 2 is 2.22 bits per heavy atom. The zero-order chi connectivity index (χ0) is 13.2. The van der Waals surface area contributed by atoms with E-state index in [0.717, 1.165) is 18.9 Å². The quantitative estimate of drug-likeness (QED) is 0.787. The first kappa shape index (κ1) is 13.6. The molecule has 1 aromatic rings. The van der Waals surface area contributed by atoms with Crippen molar-refractivity contribution in [2.75, 3.05) is 6.54 Å². The van der Waals surface area contributed by atoms with Gasteiger partial charge in [0.1, 0.15) is 0 Å². The third-order valence-electron chi connectivity index (χ3n) is 4.30. The van der Waals surface area contributed by atoms with Crippen LogP contribution >= 0.6 is 0 Å². The summed E-state index contributed by atoms with van der Waals surface area (Å²) in [4.78, 5) is 0. The van der Waals surface area contributed by atoms with Crippen molar-refractivity contribution in [1.82, 2.24) is 15.5 Å². The SMILES string of the molecule is Cc1[nH]ncc1CCCNC1CC(C)(C)CC1C. The standard InChI is InChI=1S/C15H27N3/c1-11-8-15(3,4)9-14(11)16-7-5-6-13-10-17-18-12(13)2/h10-11,14,16H,5-9H2,1-4H3,(H,17,18). The van der Waals surface area contributed by atoms with Gasteiger partial charge in [0.2, 0.25) is 0 Å². The summed E-state index contributed by atoms with van der Waals surface area (Å²) < 4.78 is 0. The lowest BCUT2D eigenvalue weighted by atomic mass is 9.91. The Bertz CT molecular complexity index is 381. The molecule has 102 valence electrons. The topological polar surface area (TPSA) is 40.7 Å². The fourth-order valence-corrected chi connectivity index (χ4v) is 3.36. The van der Waals surface area contributed by atoms with Gasteiger partial charge in [-0.05, 0) is 56.0 Å². The lowest BCUT2D eigenvalue weighted by Gasteiger charge is -2.18. The number of aromatic amines is 1. The van der Waals surface area contributed by atoms with E-state index in [1.165, 1.54) is 30.5 Å². The predicted octanol–water partition coefficient (Wildman–Crippen LogP) is 3.07. The molecule has 0 amide bonds. The number of aromatic nitrogens is 2. The van der Waals surface area contributed by atoms with Gasteiger partial charge in [-0.25, -0.2) is 0 Å². The Balaban J connectivity index is 1.69. The van der Waals surface area contributed by atoms with Crippen LogP contribution in [-0.4, -0.2) is 22.8 Å². The molecule has 0 aromatic carbocycles. The zero-order valence-corrected chi connectivity index (χ0v) is 12.2. The second-order valence-electron chi connectivity index (χ2n) is 6.73. The Morgan fingerprint density at radius 1 is 1.44 bits per heavy atom. The van der Waals surface area contributed by atoms with Gasteiger partial charge in [0.05, 0.1) is 6.20 Å². The molecule has 0 aliphatic heterocycles. The summed E-state index contributed by atoms with van der Waals surface area (Å²) in [6.07, 6.45) is 6.95. The van der Waals surface area contributed by atoms with E-state index in [9.17, 15) is 0 Å². The highest BCUT2D eigenvalue weighted by atomic mass is 15.1. The molecule has 18 heavy (non-hydrogen) atoms. The van der Waals surface area contributed by atoms with E-state index in [1.807, 2.05) is 6.20 Å². The largest absolute Gasteiger partial charge is 0.314 e. The maximum atomic E-state index is 4.06. The van der Waals surface area contributed by atoms with Crippen molar-refractivity contribution < 1.29 is 0 Å². The summed E-state index contributed by atoms with van der Waals surface area (Å²) >= 11 is 0. The molecule has 2 unspecified atom stereocenters. The molecule has 3 nitrogen and oxygen atoms in total. The van der Waals surface area contributed by atoms with E-state index < -0.39 is 0 Å². The van der Waals surface area contributed by atoms with Gasteiger partial charge in [0.15, 0.2) is 0 Å². The van der Waals surface area contributed by atoms with Gasteiger partial charge in [-0.1, -0.05) is 20.8 Å². The van der Waals surface area contributed by atoms with Crippen LogP contribution in [0.5, 0.6) is 0 Å². The van der Waals surface area contributed by atoms with Crippen molar-refractivity contribution in [3.8, 4) is 0 Å². The first-order chi connectivity index (χ1) is 8.48. The summed E-state index contributed by atoms with van der Waals surface area (Å²) in [5.41, 5.74) is 3.10. The van der Waals surface area contributed by atoms with Crippen LogP contribution in [-0.2, 0) is 6.42 Å². The first-order valence-electron chi connectivity index (χ1n) is 7.20. The summed E-state index contributed by atoms with van der Waals surface area (Å²) in [6.45, 7) is 10.4. The van der Waals surface area contributed by atoms with Gasteiger partial charge in [0.25, 0.3) is 0 Å². The Kier molecular flexibility index (Phi) is 4.10. The van der Waals surface area contributed by atoms with E-state index in [4.69, 9.17) is 0 Å². The highest BCUT2D eigenvalue weighted by Gasteiger charge is 2.35.